The van der Waals surface area contributed by atoms with E-state index in [1.807, 2.05) is 11.8 Å². The molecule has 0 aliphatic heterocycles. The Morgan fingerprint density at radius 1 is 1.29 bits per heavy atom. The normalized spacial score (nSPS) is 27.9. The molecule has 0 aromatic rings. The fraction of sp³-hybridized carbons (Fsp3) is 1.00. The lowest BCUT2D eigenvalue weighted by atomic mass is 9.80. The smallest absolute Gasteiger partial charge is 0.0254 e. The van der Waals surface area contributed by atoms with Crippen LogP contribution in [0.3, 0.4) is 0 Å². The zero-order valence-electron chi connectivity index (χ0n) is 9.10. The van der Waals surface area contributed by atoms with Crippen molar-refractivity contribution in [3.8, 4) is 0 Å². The van der Waals surface area contributed by atoms with Crippen molar-refractivity contribution < 1.29 is 0 Å². The standard InChI is InChI=1S/C11H22ClNS/c1-14-7-6-13-9-11-5-3-2-4-10(11)8-12/h10-11,13H,2-9H2,1H3. The second-order valence-electron chi connectivity index (χ2n) is 4.16. The van der Waals surface area contributed by atoms with E-state index in [0.717, 1.165) is 24.3 Å². The van der Waals surface area contributed by atoms with Crippen molar-refractivity contribution in [1.82, 2.24) is 5.32 Å². The molecule has 0 amide bonds. The summed E-state index contributed by atoms with van der Waals surface area (Å²) in [5, 5.41) is 3.54. The Balaban J connectivity index is 2.13. The molecule has 84 valence electrons. The van der Waals surface area contributed by atoms with Gasteiger partial charge in [-0.3, -0.25) is 0 Å². The lowest BCUT2D eigenvalue weighted by molar-refractivity contribution is 0.252. The lowest BCUT2D eigenvalue weighted by Crippen LogP contribution is -2.32. The van der Waals surface area contributed by atoms with Gasteiger partial charge in [-0.05, 0) is 37.5 Å². The van der Waals surface area contributed by atoms with Crippen molar-refractivity contribution in [2.45, 2.75) is 25.7 Å². The Morgan fingerprint density at radius 2 is 2.00 bits per heavy atom. The van der Waals surface area contributed by atoms with E-state index in [4.69, 9.17) is 11.6 Å². The van der Waals surface area contributed by atoms with Crippen LogP contribution in [-0.4, -0.2) is 31.0 Å². The van der Waals surface area contributed by atoms with E-state index in [-0.39, 0.29) is 0 Å². The summed E-state index contributed by atoms with van der Waals surface area (Å²) in [6.45, 7) is 2.32. The van der Waals surface area contributed by atoms with Crippen molar-refractivity contribution >= 4 is 23.4 Å². The molecule has 0 spiro atoms. The molecule has 1 fully saturated rings. The maximum Gasteiger partial charge on any atom is 0.0254 e. The van der Waals surface area contributed by atoms with Crippen LogP contribution in [0, 0.1) is 11.8 Å². The van der Waals surface area contributed by atoms with Crippen LogP contribution in [0.15, 0.2) is 0 Å². The molecule has 0 saturated heterocycles. The average molecular weight is 236 g/mol. The Kier molecular flexibility index (Phi) is 7.09. The molecule has 1 nitrogen and oxygen atoms in total. The monoisotopic (exact) mass is 235 g/mol. The number of nitrogens with one attached hydrogen (secondary N) is 1. The van der Waals surface area contributed by atoms with E-state index in [1.165, 1.54) is 38.0 Å². The van der Waals surface area contributed by atoms with Gasteiger partial charge in [0, 0.05) is 18.2 Å². The molecule has 2 atom stereocenters. The summed E-state index contributed by atoms with van der Waals surface area (Å²) in [4.78, 5) is 0. The van der Waals surface area contributed by atoms with Crippen LogP contribution in [0.5, 0.6) is 0 Å². The van der Waals surface area contributed by atoms with Crippen molar-refractivity contribution in [3.05, 3.63) is 0 Å². The molecule has 1 rings (SSSR count). The minimum absolute atomic E-state index is 0.771. The number of alkyl halides is 1. The zero-order chi connectivity index (χ0) is 10.2. The van der Waals surface area contributed by atoms with Gasteiger partial charge in [-0.2, -0.15) is 11.8 Å². The first-order valence-corrected chi connectivity index (χ1v) is 7.57. The predicted molar refractivity (Wildman–Crippen MR) is 67.4 cm³/mol. The van der Waals surface area contributed by atoms with Gasteiger partial charge in [0.15, 0.2) is 0 Å². The quantitative estimate of drug-likeness (QED) is 0.561. The lowest BCUT2D eigenvalue weighted by Gasteiger charge is -2.30. The third kappa shape index (κ3) is 4.41. The first-order chi connectivity index (χ1) is 6.88. The molecule has 1 saturated carbocycles. The fourth-order valence-electron chi connectivity index (χ4n) is 2.22. The van der Waals surface area contributed by atoms with Gasteiger partial charge in [0.05, 0.1) is 0 Å². The van der Waals surface area contributed by atoms with Crippen LogP contribution in [0.2, 0.25) is 0 Å². The first kappa shape index (κ1) is 12.7. The third-order valence-corrected chi connectivity index (χ3v) is 4.16. The van der Waals surface area contributed by atoms with Crippen LogP contribution in [-0.2, 0) is 0 Å². The molecule has 1 aliphatic carbocycles. The van der Waals surface area contributed by atoms with E-state index in [2.05, 4.69) is 11.6 Å². The third-order valence-electron chi connectivity index (χ3n) is 3.15. The molecule has 2 unspecified atom stereocenters. The second kappa shape index (κ2) is 7.84. The SMILES string of the molecule is CSCCNCC1CCCCC1CCl. The second-order valence-corrected chi connectivity index (χ2v) is 5.45. The molecule has 3 heteroatoms. The first-order valence-electron chi connectivity index (χ1n) is 5.64. The number of thioether (sulfide) groups is 1. The minimum Gasteiger partial charge on any atom is -0.316 e. The highest BCUT2D eigenvalue weighted by Gasteiger charge is 2.23. The van der Waals surface area contributed by atoms with Crippen LogP contribution in [0.4, 0.5) is 0 Å². The summed E-state index contributed by atoms with van der Waals surface area (Å²) in [6, 6.07) is 0. The Morgan fingerprint density at radius 3 is 2.64 bits per heavy atom. The summed E-state index contributed by atoms with van der Waals surface area (Å²) in [5.41, 5.74) is 0. The van der Waals surface area contributed by atoms with E-state index in [0.29, 0.717) is 0 Å². The maximum absolute atomic E-state index is 5.98. The topological polar surface area (TPSA) is 12.0 Å². The molecule has 0 aromatic heterocycles. The molecule has 1 N–H and O–H groups in total. The van der Waals surface area contributed by atoms with E-state index in [1.54, 1.807) is 0 Å². The van der Waals surface area contributed by atoms with E-state index >= 15 is 0 Å². The summed E-state index contributed by atoms with van der Waals surface area (Å²) in [7, 11) is 0. The van der Waals surface area contributed by atoms with E-state index in [9.17, 15) is 0 Å². The number of hydrogen-bond acceptors (Lipinski definition) is 2. The Hall–Kier alpha value is 0.600. The highest BCUT2D eigenvalue weighted by atomic mass is 35.5. The maximum atomic E-state index is 5.98. The van der Waals surface area contributed by atoms with E-state index < -0.39 is 0 Å². The van der Waals surface area contributed by atoms with Crippen molar-refractivity contribution in [3.63, 3.8) is 0 Å². The molecule has 0 aromatic carbocycles. The van der Waals surface area contributed by atoms with Gasteiger partial charge in [-0.1, -0.05) is 12.8 Å². The summed E-state index contributed by atoms with van der Waals surface area (Å²) in [6.07, 6.45) is 7.67. The highest BCUT2D eigenvalue weighted by Crippen LogP contribution is 2.30. The molecule has 14 heavy (non-hydrogen) atoms. The Bertz CT molecular complexity index is 143. The molecular formula is C11H22ClNS. The summed E-state index contributed by atoms with van der Waals surface area (Å²) >= 11 is 7.89. The molecular weight excluding hydrogens is 214 g/mol. The number of halogens is 1. The molecule has 0 bridgehead atoms. The van der Waals surface area contributed by atoms with Gasteiger partial charge in [-0.25, -0.2) is 0 Å². The van der Waals surface area contributed by atoms with Crippen molar-refractivity contribution in [2.75, 3.05) is 31.0 Å². The van der Waals surface area contributed by atoms with Gasteiger partial charge in [0.2, 0.25) is 0 Å². The van der Waals surface area contributed by atoms with Crippen molar-refractivity contribution in [2.24, 2.45) is 11.8 Å². The Labute approximate surface area is 97.4 Å². The highest BCUT2D eigenvalue weighted by molar-refractivity contribution is 7.98. The van der Waals surface area contributed by atoms with Crippen LogP contribution in [0.25, 0.3) is 0 Å². The summed E-state index contributed by atoms with van der Waals surface area (Å²) in [5.74, 6) is 3.68. The van der Waals surface area contributed by atoms with Gasteiger partial charge in [0.1, 0.15) is 0 Å². The van der Waals surface area contributed by atoms with Crippen LogP contribution >= 0.6 is 23.4 Å². The minimum atomic E-state index is 0.771. The van der Waals surface area contributed by atoms with Crippen LogP contribution < -0.4 is 5.32 Å². The van der Waals surface area contributed by atoms with Gasteiger partial charge >= 0.3 is 0 Å². The van der Waals surface area contributed by atoms with Gasteiger partial charge < -0.3 is 5.32 Å². The summed E-state index contributed by atoms with van der Waals surface area (Å²) < 4.78 is 0. The largest absolute Gasteiger partial charge is 0.316 e. The van der Waals surface area contributed by atoms with Crippen molar-refractivity contribution in [1.29, 1.82) is 0 Å². The van der Waals surface area contributed by atoms with Gasteiger partial charge in [-0.15, -0.1) is 11.6 Å². The fourth-order valence-corrected chi connectivity index (χ4v) is 2.97. The zero-order valence-corrected chi connectivity index (χ0v) is 10.7. The predicted octanol–water partition coefficient (Wildman–Crippen LogP) is 2.98. The number of hydrogen-bond donors (Lipinski definition) is 1. The molecule has 1 aliphatic rings. The van der Waals surface area contributed by atoms with Crippen LogP contribution in [0.1, 0.15) is 25.7 Å². The van der Waals surface area contributed by atoms with Gasteiger partial charge in [0.25, 0.3) is 0 Å². The number of rotatable bonds is 6. The molecule has 0 radical (unpaired) electrons. The average Bonchev–Trinajstić information content (AvgIpc) is 2.25. The molecule has 0 heterocycles.